The molecule has 3 heteroatoms. The van der Waals surface area contributed by atoms with E-state index < -0.39 is 0 Å². The molecule has 0 atom stereocenters. The molecule has 0 saturated heterocycles. The standard InChI is InChI=1S/C19H23NO2/c1-2-11-20(13-15-7-8-15)19(21)14-22-18-10-9-16-5-3-4-6-17(16)12-18/h3-6,9-10,12,15H,2,7-8,11,13-14H2,1H3. The summed E-state index contributed by atoms with van der Waals surface area (Å²) in [4.78, 5) is 14.3. The van der Waals surface area contributed by atoms with Gasteiger partial charge < -0.3 is 9.64 Å². The fourth-order valence-corrected chi connectivity index (χ4v) is 2.69. The summed E-state index contributed by atoms with van der Waals surface area (Å²) in [5.74, 6) is 1.58. The lowest BCUT2D eigenvalue weighted by atomic mass is 10.1. The van der Waals surface area contributed by atoms with E-state index in [1.165, 1.54) is 18.2 Å². The van der Waals surface area contributed by atoms with Crippen LogP contribution in [0.3, 0.4) is 0 Å². The number of carbonyl (C=O) groups excluding carboxylic acids is 1. The van der Waals surface area contributed by atoms with Crippen LogP contribution in [-0.4, -0.2) is 30.5 Å². The molecule has 0 aromatic heterocycles. The van der Waals surface area contributed by atoms with E-state index in [1.54, 1.807) is 0 Å². The third kappa shape index (κ3) is 3.79. The third-order valence-electron chi connectivity index (χ3n) is 4.10. The molecular formula is C19H23NO2. The average Bonchev–Trinajstić information content (AvgIpc) is 3.36. The minimum absolute atomic E-state index is 0.0990. The molecule has 0 unspecified atom stereocenters. The Morgan fingerprint density at radius 2 is 1.95 bits per heavy atom. The maximum Gasteiger partial charge on any atom is 0.260 e. The van der Waals surface area contributed by atoms with Gasteiger partial charge >= 0.3 is 0 Å². The van der Waals surface area contributed by atoms with Crippen LogP contribution < -0.4 is 4.74 Å². The SMILES string of the molecule is CCCN(CC1CC1)C(=O)COc1ccc2ccccc2c1. The van der Waals surface area contributed by atoms with E-state index in [1.807, 2.05) is 35.2 Å². The zero-order chi connectivity index (χ0) is 15.4. The van der Waals surface area contributed by atoms with Gasteiger partial charge in [0.15, 0.2) is 6.61 Å². The van der Waals surface area contributed by atoms with Crippen molar-refractivity contribution in [2.24, 2.45) is 5.92 Å². The molecule has 0 aliphatic heterocycles. The number of rotatable bonds is 7. The van der Waals surface area contributed by atoms with E-state index in [0.29, 0.717) is 0 Å². The van der Waals surface area contributed by atoms with E-state index in [0.717, 1.165) is 36.6 Å². The quantitative estimate of drug-likeness (QED) is 0.776. The molecule has 0 N–H and O–H groups in total. The summed E-state index contributed by atoms with van der Waals surface area (Å²) in [7, 11) is 0. The Kier molecular flexibility index (Phi) is 4.62. The Labute approximate surface area is 131 Å². The second kappa shape index (κ2) is 6.82. The summed E-state index contributed by atoms with van der Waals surface area (Å²) >= 11 is 0. The number of carbonyl (C=O) groups is 1. The van der Waals surface area contributed by atoms with Crippen LogP contribution in [0.5, 0.6) is 5.75 Å². The molecule has 0 bridgehead atoms. The van der Waals surface area contributed by atoms with Crippen LogP contribution in [-0.2, 0) is 4.79 Å². The Morgan fingerprint density at radius 3 is 2.68 bits per heavy atom. The highest BCUT2D eigenvalue weighted by Crippen LogP contribution is 2.29. The molecule has 1 amide bonds. The van der Waals surface area contributed by atoms with Gasteiger partial charge in [0.2, 0.25) is 0 Å². The summed E-state index contributed by atoms with van der Waals surface area (Å²) in [6, 6.07) is 14.1. The highest BCUT2D eigenvalue weighted by molar-refractivity contribution is 5.84. The minimum Gasteiger partial charge on any atom is -0.484 e. The van der Waals surface area contributed by atoms with Gasteiger partial charge in [0.25, 0.3) is 5.91 Å². The maximum absolute atomic E-state index is 12.3. The van der Waals surface area contributed by atoms with Gasteiger partial charge in [0, 0.05) is 13.1 Å². The van der Waals surface area contributed by atoms with Crippen LogP contribution in [0.25, 0.3) is 10.8 Å². The number of amides is 1. The summed E-state index contributed by atoms with van der Waals surface area (Å²) in [6.07, 6.45) is 3.52. The largest absolute Gasteiger partial charge is 0.484 e. The lowest BCUT2D eigenvalue weighted by Gasteiger charge is -2.22. The average molecular weight is 297 g/mol. The third-order valence-corrected chi connectivity index (χ3v) is 4.10. The van der Waals surface area contributed by atoms with Crippen molar-refractivity contribution in [3.8, 4) is 5.75 Å². The van der Waals surface area contributed by atoms with Gasteiger partial charge in [-0.25, -0.2) is 0 Å². The van der Waals surface area contributed by atoms with Gasteiger partial charge in [0.1, 0.15) is 5.75 Å². The lowest BCUT2D eigenvalue weighted by Crippen LogP contribution is -2.37. The Hall–Kier alpha value is -2.03. The molecule has 0 heterocycles. The fourth-order valence-electron chi connectivity index (χ4n) is 2.69. The smallest absolute Gasteiger partial charge is 0.260 e. The molecule has 0 radical (unpaired) electrons. The first-order valence-corrected chi connectivity index (χ1v) is 8.15. The van der Waals surface area contributed by atoms with Crippen LogP contribution in [0.1, 0.15) is 26.2 Å². The van der Waals surface area contributed by atoms with Gasteiger partial charge in [-0.15, -0.1) is 0 Å². The van der Waals surface area contributed by atoms with Gasteiger partial charge in [0.05, 0.1) is 0 Å². The van der Waals surface area contributed by atoms with Gasteiger partial charge in [-0.05, 0) is 48.1 Å². The summed E-state index contributed by atoms with van der Waals surface area (Å²) in [6.45, 7) is 3.96. The molecule has 116 valence electrons. The zero-order valence-corrected chi connectivity index (χ0v) is 13.1. The number of hydrogen-bond acceptors (Lipinski definition) is 2. The molecular weight excluding hydrogens is 274 g/mol. The Balaban J connectivity index is 1.60. The molecule has 2 aromatic carbocycles. The Morgan fingerprint density at radius 1 is 1.18 bits per heavy atom. The number of hydrogen-bond donors (Lipinski definition) is 0. The highest BCUT2D eigenvalue weighted by atomic mass is 16.5. The second-order valence-corrected chi connectivity index (χ2v) is 6.08. The van der Waals surface area contributed by atoms with Crippen molar-refractivity contribution in [2.45, 2.75) is 26.2 Å². The summed E-state index contributed by atoms with van der Waals surface area (Å²) in [5, 5.41) is 2.32. The maximum atomic E-state index is 12.3. The van der Waals surface area contributed by atoms with Crippen molar-refractivity contribution in [1.82, 2.24) is 4.90 Å². The normalized spacial score (nSPS) is 14.0. The van der Waals surface area contributed by atoms with E-state index in [4.69, 9.17) is 4.74 Å². The van der Waals surface area contributed by atoms with Crippen LogP contribution in [0.4, 0.5) is 0 Å². The van der Waals surface area contributed by atoms with Gasteiger partial charge in [-0.3, -0.25) is 4.79 Å². The number of fused-ring (bicyclic) bond motifs is 1. The van der Waals surface area contributed by atoms with Crippen LogP contribution in [0, 0.1) is 5.92 Å². The number of benzene rings is 2. The first kappa shape index (κ1) is 14.9. The van der Waals surface area contributed by atoms with Crippen molar-refractivity contribution >= 4 is 16.7 Å². The molecule has 1 aliphatic carbocycles. The number of ether oxygens (including phenoxy) is 1. The van der Waals surface area contributed by atoms with E-state index in [-0.39, 0.29) is 12.5 Å². The van der Waals surface area contributed by atoms with Crippen molar-refractivity contribution < 1.29 is 9.53 Å². The lowest BCUT2D eigenvalue weighted by molar-refractivity contribution is -0.133. The molecule has 0 spiro atoms. The van der Waals surface area contributed by atoms with Crippen molar-refractivity contribution in [1.29, 1.82) is 0 Å². The van der Waals surface area contributed by atoms with Crippen LogP contribution >= 0.6 is 0 Å². The van der Waals surface area contributed by atoms with Crippen LogP contribution in [0.2, 0.25) is 0 Å². The van der Waals surface area contributed by atoms with E-state index in [2.05, 4.69) is 19.1 Å². The first-order valence-electron chi connectivity index (χ1n) is 8.15. The highest BCUT2D eigenvalue weighted by Gasteiger charge is 2.26. The number of nitrogens with zero attached hydrogens (tertiary/aromatic N) is 1. The first-order chi connectivity index (χ1) is 10.8. The topological polar surface area (TPSA) is 29.5 Å². The second-order valence-electron chi connectivity index (χ2n) is 6.08. The molecule has 22 heavy (non-hydrogen) atoms. The molecule has 3 nitrogen and oxygen atoms in total. The van der Waals surface area contributed by atoms with Crippen molar-refractivity contribution in [3.05, 3.63) is 42.5 Å². The monoisotopic (exact) mass is 297 g/mol. The molecule has 1 aliphatic rings. The van der Waals surface area contributed by atoms with Crippen molar-refractivity contribution in [3.63, 3.8) is 0 Å². The molecule has 2 aromatic rings. The predicted octanol–water partition coefficient (Wildman–Crippen LogP) is 3.87. The van der Waals surface area contributed by atoms with E-state index in [9.17, 15) is 4.79 Å². The predicted molar refractivity (Wildman–Crippen MR) is 89.0 cm³/mol. The van der Waals surface area contributed by atoms with Crippen molar-refractivity contribution in [2.75, 3.05) is 19.7 Å². The van der Waals surface area contributed by atoms with Gasteiger partial charge in [-0.1, -0.05) is 37.3 Å². The summed E-state index contributed by atoms with van der Waals surface area (Å²) < 4.78 is 5.71. The molecule has 1 saturated carbocycles. The summed E-state index contributed by atoms with van der Waals surface area (Å²) in [5.41, 5.74) is 0. The zero-order valence-electron chi connectivity index (χ0n) is 13.1. The molecule has 1 fully saturated rings. The Bertz CT molecular complexity index is 649. The van der Waals surface area contributed by atoms with E-state index >= 15 is 0 Å². The van der Waals surface area contributed by atoms with Gasteiger partial charge in [-0.2, -0.15) is 0 Å². The van der Waals surface area contributed by atoms with Crippen LogP contribution in [0.15, 0.2) is 42.5 Å². The molecule has 3 rings (SSSR count). The minimum atomic E-state index is 0.0990. The fraction of sp³-hybridized carbons (Fsp3) is 0.421.